The number of ether oxygens (including phenoxy) is 1. The SMILES string of the molecule is COCN(C(=O)C(C)CSC)c1cn(-c2cccnc2)nc1Cl. The molecule has 0 bridgehead atoms. The second kappa shape index (κ2) is 8.33. The number of pyridine rings is 1. The lowest BCUT2D eigenvalue weighted by molar-refractivity contribution is -0.122. The van der Waals surface area contributed by atoms with Gasteiger partial charge in [0.2, 0.25) is 5.91 Å². The molecule has 23 heavy (non-hydrogen) atoms. The van der Waals surface area contributed by atoms with Crippen LogP contribution < -0.4 is 4.90 Å². The zero-order valence-corrected chi connectivity index (χ0v) is 14.8. The van der Waals surface area contributed by atoms with Crippen molar-refractivity contribution >= 4 is 35.0 Å². The number of halogens is 1. The van der Waals surface area contributed by atoms with E-state index in [1.807, 2.05) is 25.3 Å². The normalized spacial score (nSPS) is 12.2. The average Bonchev–Trinajstić information content (AvgIpc) is 2.94. The van der Waals surface area contributed by atoms with Crippen LogP contribution in [0, 0.1) is 5.92 Å². The number of methoxy groups -OCH3 is 1. The van der Waals surface area contributed by atoms with E-state index in [1.165, 1.54) is 4.90 Å². The predicted octanol–water partition coefficient (Wildman–Crippen LogP) is 2.86. The highest BCUT2D eigenvalue weighted by Crippen LogP contribution is 2.27. The maximum absolute atomic E-state index is 12.6. The Balaban J connectivity index is 2.33. The fourth-order valence-electron chi connectivity index (χ4n) is 2.11. The summed E-state index contributed by atoms with van der Waals surface area (Å²) in [6, 6.07) is 3.67. The summed E-state index contributed by atoms with van der Waals surface area (Å²) < 4.78 is 6.77. The molecule has 2 heterocycles. The first-order chi connectivity index (χ1) is 11.1. The monoisotopic (exact) mass is 354 g/mol. The van der Waals surface area contributed by atoms with Gasteiger partial charge in [0.15, 0.2) is 5.15 Å². The molecule has 0 N–H and O–H groups in total. The van der Waals surface area contributed by atoms with Crippen LogP contribution in [0.2, 0.25) is 5.15 Å². The van der Waals surface area contributed by atoms with Crippen LogP contribution in [-0.2, 0) is 9.53 Å². The molecular formula is C15H19ClN4O2S. The van der Waals surface area contributed by atoms with Gasteiger partial charge in [-0.25, -0.2) is 4.68 Å². The Kier molecular flexibility index (Phi) is 6.44. The first kappa shape index (κ1) is 17.8. The number of aromatic nitrogens is 3. The summed E-state index contributed by atoms with van der Waals surface area (Å²) in [6.07, 6.45) is 7.03. The fourth-order valence-corrected chi connectivity index (χ4v) is 2.99. The van der Waals surface area contributed by atoms with Gasteiger partial charge in [0.25, 0.3) is 0 Å². The predicted molar refractivity (Wildman–Crippen MR) is 93.3 cm³/mol. The van der Waals surface area contributed by atoms with Crippen molar-refractivity contribution in [3.05, 3.63) is 35.9 Å². The maximum Gasteiger partial charge on any atom is 0.232 e. The third-order valence-corrected chi connectivity index (χ3v) is 4.32. The molecular weight excluding hydrogens is 336 g/mol. The van der Waals surface area contributed by atoms with Crippen molar-refractivity contribution < 1.29 is 9.53 Å². The van der Waals surface area contributed by atoms with Crippen molar-refractivity contribution in [3.63, 3.8) is 0 Å². The molecule has 1 atom stereocenters. The van der Waals surface area contributed by atoms with Crippen LogP contribution in [0.5, 0.6) is 0 Å². The summed E-state index contributed by atoms with van der Waals surface area (Å²) in [5.74, 6) is 0.541. The van der Waals surface area contributed by atoms with Crippen molar-refractivity contribution in [2.75, 3.05) is 30.7 Å². The number of hydrogen-bond donors (Lipinski definition) is 0. The highest BCUT2D eigenvalue weighted by Gasteiger charge is 2.25. The summed E-state index contributed by atoms with van der Waals surface area (Å²) in [4.78, 5) is 18.2. The molecule has 0 aliphatic carbocycles. The van der Waals surface area contributed by atoms with E-state index >= 15 is 0 Å². The summed E-state index contributed by atoms with van der Waals surface area (Å²) in [5.41, 5.74) is 1.29. The third-order valence-electron chi connectivity index (χ3n) is 3.22. The van der Waals surface area contributed by atoms with Gasteiger partial charge in [0.05, 0.1) is 18.1 Å². The van der Waals surface area contributed by atoms with Gasteiger partial charge in [-0.3, -0.25) is 14.7 Å². The number of carbonyl (C=O) groups excluding carboxylic acids is 1. The number of amides is 1. The molecule has 0 saturated carbocycles. The van der Waals surface area contributed by atoms with Crippen LogP contribution in [0.3, 0.4) is 0 Å². The van der Waals surface area contributed by atoms with Crippen molar-refractivity contribution in [1.82, 2.24) is 14.8 Å². The highest BCUT2D eigenvalue weighted by atomic mass is 35.5. The molecule has 0 radical (unpaired) electrons. The zero-order chi connectivity index (χ0) is 16.8. The minimum Gasteiger partial charge on any atom is -0.364 e. The van der Waals surface area contributed by atoms with Gasteiger partial charge in [-0.05, 0) is 18.4 Å². The lowest BCUT2D eigenvalue weighted by atomic mass is 10.2. The largest absolute Gasteiger partial charge is 0.364 e. The van der Waals surface area contributed by atoms with Crippen LogP contribution in [0.1, 0.15) is 6.92 Å². The van der Waals surface area contributed by atoms with Crippen LogP contribution >= 0.6 is 23.4 Å². The molecule has 124 valence electrons. The minimum atomic E-state index is -0.141. The van der Waals surface area contributed by atoms with E-state index in [0.717, 1.165) is 11.4 Å². The van der Waals surface area contributed by atoms with E-state index in [4.69, 9.17) is 16.3 Å². The summed E-state index contributed by atoms with van der Waals surface area (Å²) >= 11 is 7.87. The lowest BCUT2D eigenvalue weighted by Crippen LogP contribution is -2.37. The van der Waals surface area contributed by atoms with Crippen LogP contribution in [0.15, 0.2) is 30.7 Å². The molecule has 2 aromatic heterocycles. The van der Waals surface area contributed by atoms with Gasteiger partial charge in [0.1, 0.15) is 12.4 Å². The van der Waals surface area contributed by atoms with E-state index in [9.17, 15) is 4.79 Å². The van der Waals surface area contributed by atoms with Gasteiger partial charge in [-0.15, -0.1) is 0 Å². The van der Waals surface area contributed by atoms with Crippen molar-refractivity contribution in [2.24, 2.45) is 5.92 Å². The molecule has 8 heteroatoms. The molecule has 1 amide bonds. The number of anilines is 1. The Bertz CT molecular complexity index is 650. The van der Waals surface area contributed by atoms with Crippen molar-refractivity contribution in [3.8, 4) is 5.69 Å². The Morgan fingerprint density at radius 2 is 2.35 bits per heavy atom. The first-order valence-corrected chi connectivity index (χ1v) is 8.80. The fraction of sp³-hybridized carbons (Fsp3) is 0.400. The number of hydrogen-bond acceptors (Lipinski definition) is 5. The molecule has 2 aromatic rings. The average molecular weight is 355 g/mol. The quantitative estimate of drug-likeness (QED) is 0.715. The van der Waals surface area contributed by atoms with E-state index in [-0.39, 0.29) is 23.7 Å². The van der Waals surface area contributed by atoms with Crippen LogP contribution in [0.4, 0.5) is 5.69 Å². The molecule has 0 aromatic carbocycles. The number of nitrogens with zero attached hydrogens (tertiary/aromatic N) is 4. The van der Waals surface area contributed by atoms with E-state index in [1.54, 1.807) is 42.1 Å². The summed E-state index contributed by atoms with van der Waals surface area (Å²) in [6.45, 7) is 2.01. The molecule has 0 aliphatic heterocycles. The van der Waals surface area contributed by atoms with E-state index < -0.39 is 0 Å². The number of thioether (sulfide) groups is 1. The van der Waals surface area contributed by atoms with E-state index in [0.29, 0.717) is 5.69 Å². The smallest absolute Gasteiger partial charge is 0.232 e. The molecule has 0 fully saturated rings. The van der Waals surface area contributed by atoms with E-state index in [2.05, 4.69) is 10.1 Å². The van der Waals surface area contributed by atoms with Gasteiger partial charge in [0, 0.05) is 25.0 Å². The Hall–Kier alpha value is -1.57. The second-order valence-electron chi connectivity index (χ2n) is 5.00. The van der Waals surface area contributed by atoms with Crippen LogP contribution in [0.25, 0.3) is 5.69 Å². The lowest BCUT2D eigenvalue weighted by Gasteiger charge is -2.23. The standard InChI is InChI=1S/C15H19ClN4O2S/c1-11(9-23-3)15(21)19(10-22-2)13-8-20(18-14(13)16)12-5-4-6-17-7-12/h4-8,11H,9-10H2,1-3H3. The van der Waals surface area contributed by atoms with Gasteiger partial charge in [-0.1, -0.05) is 18.5 Å². The van der Waals surface area contributed by atoms with Crippen molar-refractivity contribution in [1.29, 1.82) is 0 Å². The van der Waals surface area contributed by atoms with Gasteiger partial charge in [-0.2, -0.15) is 16.9 Å². The molecule has 1 unspecified atom stereocenters. The van der Waals surface area contributed by atoms with Crippen LogP contribution in [-0.4, -0.2) is 46.5 Å². The summed E-state index contributed by atoms with van der Waals surface area (Å²) in [5, 5.41) is 4.51. The van der Waals surface area contributed by atoms with Crippen molar-refractivity contribution in [2.45, 2.75) is 6.92 Å². The first-order valence-electron chi connectivity index (χ1n) is 7.03. The molecule has 2 rings (SSSR count). The second-order valence-corrected chi connectivity index (χ2v) is 6.27. The third kappa shape index (κ3) is 4.25. The zero-order valence-electron chi connectivity index (χ0n) is 13.3. The highest BCUT2D eigenvalue weighted by molar-refractivity contribution is 7.98. The Morgan fingerprint density at radius 3 is 2.96 bits per heavy atom. The van der Waals surface area contributed by atoms with Gasteiger partial charge < -0.3 is 4.74 Å². The Labute approximate surface area is 144 Å². The molecule has 0 aliphatic rings. The molecule has 0 spiro atoms. The van der Waals surface area contributed by atoms with Gasteiger partial charge >= 0.3 is 0 Å². The molecule has 6 nitrogen and oxygen atoms in total. The Morgan fingerprint density at radius 1 is 1.57 bits per heavy atom. The minimum absolute atomic E-state index is 0.0474. The maximum atomic E-state index is 12.6. The number of rotatable bonds is 7. The number of carbonyl (C=O) groups is 1. The molecule has 0 saturated heterocycles. The summed E-state index contributed by atoms with van der Waals surface area (Å²) in [7, 11) is 1.54. The topological polar surface area (TPSA) is 60.2 Å².